The molecule has 7 atom stereocenters. The zero-order valence-corrected chi connectivity index (χ0v) is 37.3. The van der Waals surface area contributed by atoms with Crippen LogP contribution in [-0.2, 0) is 42.2 Å². The number of nitrogens with one attached hydrogen (secondary N) is 1. The van der Waals surface area contributed by atoms with E-state index in [1.807, 2.05) is 20.0 Å². The Morgan fingerprint density at radius 2 is 1.66 bits per heavy atom. The van der Waals surface area contributed by atoms with Gasteiger partial charge in [-0.25, -0.2) is 14.4 Å². The summed E-state index contributed by atoms with van der Waals surface area (Å²) in [6.07, 6.45) is 0.711. The Morgan fingerprint density at radius 1 is 0.923 bits per heavy atom. The summed E-state index contributed by atoms with van der Waals surface area (Å²) in [5.74, 6) is 0.592. The molecule has 3 aromatic carbocycles. The van der Waals surface area contributed by atoms with Gasteiger partial charge in [-0.05, 0) is 68.1 Å². The minimum absolute atomic E-state index is 0.0307. The Hall–Kier alpha value is -6.46. The molecule has 10 rings (SSSR count). The number of carbonyl (C=O) groups is 4. The van der Waals surface area contributed by atoms with E-state index in [-0.39, 0.29) is 42.2 Å². The average molecular weight is 911 g/mol. The van der Waals surface area contributed by atoms with Gasteiger partial charge >= 0.3 is 24.2 Å². The van der Waals surface area contributed by atoms with Crippen molar-refractivity contribution in [1.29, 1.82) is 5.26 Å². The molecule has 0 amide bonds. The molecule has 0 aromatic heterocycles. The number of nitriles is 1. The van der Waals surface area contributed by atoms with Crippen molar-refractivity contribution in [3.8, 4) is 46.3 Å². The number of benzene rings is 3. The molecule has 340 valence electrons. The quantitative estimate of drug-likeness (QED) is 0.0965. The molecule has 18 nitrogen and oxygen atoms in total. The van der Waals surface area contributed by atoms with E-state index in [1.165, 1.54) is 32.9 Å². The number of likely N-dealkylation sites (N-methyl/N-ethyl adjacent to an activating group) is 1. The SMILES string of the molecule is C=COC(=O)Oc1cc2c(cc1OC)[C@@]1(CS[C@@H]3c4c(OC(C)=O)c(C)c5c(c4[C@@H](COC1=O)N1C3[C@H]3c4c(cc(C)c(OC)c4OC(=O)OC=C)C[C@H]([C@@H]1C#N)N3C)OCO5)NCC2. The number of hydrogen-bond donors (Lipinski definition) is 1. The summed E-state index contributed by atoms with van der Waals surface area (Å²) in [5.41, 5.74) is 3.59. The first kappa shape index (κ1) is 43.8. The number of aryl methyl sites for hydroxylation is 1. The Morgan fingerprint density at radius 3 is 2.35 bits per heavy atom. The number of hydrogen-bond acceptors (Lipinski definition) is 19. The van der Waals surface area contributed by atoms with Crippen LogP contribution in [0, 0.1) is 25.2 Å². The van der Waals surface area contributed by atoms with Crippen molar-refractivity contribution in [1.82, 2.24) is 15.1 Å². The highest BCUT2D eigenvalue weighted by Gasteiger charge is 2.62. The fourth-order valence-electron chi connectivity index (χ4n) is 10.7. The molecule has 1 unspecified atom stereocenters. The molecule has 7 aliphatic rings. The molecular formula is C46H46N4O14S. The van der Waals surface area contributed by atoms with Gasteiger partial charge in [0.25, 0.3) is 0 Å². The van der Waals surface area contributed by atoms with Crippen molar-refractivity contribution in [3.05, 3.63) is 88.4 Å². The Balaban J connectivity index is 1.30. The van der Waals surface area contributed by atoms with Crippen molar-refractivity contribution in [2.45, 2.75) is 74.6 Å². The van der Waals surface area contributed by atoms with E-state index in [1.54, 1.807) is 19.1 Å². The fraction of sp³-hybridized carbons (Fsp3) is 0.413. The number of esters is 2. The molecular weight excluding hydrogens is 865 g/mol. The largest absolute Gasteiger partial charge is 0.518 e. The van der Waals surface area contributed by atoms with Crippen LogP contribution in [0.1, 0.15) is 68.8 Å². The number of piperazine rings is 1. The lowest BCUT2D eigenvalue weighted by Crippen LogP contribution is -2.69. The smallest absolute Gasteiger partial charge is 0.493 e. The lowest BCUT2D eigenvalue weighted by atomic mass is 9.71. The molecule has 4 bridgehead atoms. The molecule has 19 heteroatoms. The summed E-state index contributed by atoms with van der Waals surface area (Å²) in [5, 5.41) is 14.1. The standard InChI is InChI=1S/C46H46N4O14S/c1-9-57-44(53)63-31-15-24-11-12-48-46(26(24)16-30(31)55-7)19-65-42-34-33(40-39(60-20-61-40)22(4)38(34)62-23(5)51)29(18-59-43(46)52)50-28(17-47)27-14-25-13-21(3)37(56-8)41(64-45(54)58-10-2)32(25)35(36(42)50)49(27)6/h9-10,13,15-16,27-29,35-36,42,48H,1-2,11-12,14,18-20H2,3-8H3/t27-,28+,29-,35-,36?,42-,46-/m1/s1. The van der Waals surface area contributed by atoms with Gasteiger partial charge in [-0.3, -0.25) is 19.9 Å². The first-order valence-corrected chi connectivity index (χ1v) is 21.8. The van der Waals surface area contributed by atoms with Gasteiger partial charge in [0.2, 0.25) is 6.79 Å². The highest BCUT2D eigenvalue weighted by molar-refractivity contribution is 7.99. The van der Waals surface area contributed by atoms with Crippen LogP contribution in [0.3, 0.4) is 0 Å². The summed E-state index contributed by atoms with van der Waals surface area (Å²) in [6.45, 7) is 11.8. The van der Waals surface area contributed by atoms with Crippen LogP contribution in [0.5, 0.6) is 40.2 Å². The van der Waals surface area contributed by atoms with Gasteiger partial charge in [0.05, 0.1) is 50.1 Å². The number of fused-ring (bicyclic) bond motifs is 9. The van der Waals surface area contributed by atoms with Gasteiger partial charge in [0, 0.05) is 53.6 Å². The first-order valence-electron chi connectivity index (χ1n) is 20.8. The number of methoxy groups -OCH3 is 2. The molecule has 0 aliphatic carbocycles. The average Bonchev–Trinajstić information content (AvgIpc) is 3.77. The molecule has 0 radical (unpaired) electrons. The van der Waals surface area contributed by atoms with Crippen LogP contribution in [0.25, 0.3) is 0 Å². The van der Waals surface area contributed by atoms with Crippen molar-refractivity contribution >= 4 is 36.0 Å². The van der Waals surface area contributed by atoms with Crippen LogP contribution in [0.15, 0.2) is 43.9 Å². The van der Waals surface area contributed by atoms with Gasteiger partial charge < -0.3 is 47.4 Å². The van der Waals surface area contributed by atoms with E-state index in [0.29, 0.717) is 75.6 Å². The molecule has 1 spiro atoms. The van der Waals surface area contributed by atoms with E-state index in [4.69, 9.17) is 47.4 Å². The summed E-state index contributed by atoms with van der Waals surface area (Å²) < 4.78 is 58.1. The van der Waals surface area contributed by atoms with Crippen molar-refractivity contribution in [2.75, 3.05) is 47.0 Å². The normalized spacial score (nSPS) is 25.8. The number of rotatable bonds is 7. The lowest BCUT2D eigenvalue weighted by molar-refractivity contribution is -0.157. The molecule has 3 aromatic rings. The molecule has 7 heterocycles. The van der Waals surface area contributed by atoms with Crippen molar-refractivity contribution < 1.29 is 66.5 Å². The van der Waals surface area contributed by atoms with Crippen LogP contribution in [-0.4, -0.2) is 99.1 Å². The maximum atomic E-state index is 15.1. The van der Waals surface area contributed by atoms with E-state index in [0.717, 1.165) is 18.1 Å². The summed E-state index contributed by atoms with van der Waals surface area (Å²) in [7, 11) is 4.84. The highest BCUT2D eigenvalue weighted by Crippen LogP contribution is 2.65. The topological polar surface area (TPSA) is 203 Å². The van der Waals surface area contributed by atoms with E-state index in [9.17, 15) is 19.6 Å². The molecule has 7 aliphatic heterocycles. The van der Waals surface area contributed by atoms with Gasteiger partial charge in [0.1, 0.15) is 18.4 Å². The van der Waals surface area contributed by atoms with Crippen molar-refractivity contribution in [2.24, 2.45) is 0 Å². The maximum absolute atomic E-state index is 15.1. The van der Waals surface area contributed by atoms with Gasteiger partial charge in [-0.15, -0.1) is 11.8 Å². The zero-order valence-electron chi connectivity index (χ0n) is 36.5. The number of nitrogens with zero attached hydrogens (tertiary/aromatic N) is 3. The molecule has 2 saturated heterocycles. The van der Waals surface area contributed by atoms with Crippen LogP contribution in [0.4, 0.5) is 9.59 Å². The summed E-state index contributed by atoms with van der Waals surface area (Å²) >= 11 is 1.40. The maximum Gasteiger partial charge on any atom is 0.518 e. The van der Waals surface area contributed by atoms with Gasteiger partial charge in [-0.1, -0.05) is 19.2 Å². The predicted molar refractivity (Wildman–Crippen MR) is 229 cm³/mol. The molecule has 65 heavy (non-hydrogen) atoms. The number of ether oxygens (including phenoxy) is 10. The zero-order chi connectivity index (χ0) is 46.1. The monoisotopic (exact) mass is 910 g/mol. The minimum atomic E-state index is -1.51. The Bertz CT molecular complexity index is 2610. The minimum Gasteiger partial charge on any atom is -0.493 e. The van der Waals surface area contributed by atoms with Crippen LogP contribution in [0.2, 0.25) is 0 Å². The highest BCUT2D eigenvalue weighted by atomic mass is 32.2. The van der Waals surface area contributed by atoms with Gasteiger partial charge in [0.15, 0.2) is 40.0 Å². The van der Waals surface area contributed by atoms with E-state index in [2.05, 4.69) is 34.3 Å². The fourth-order valence-corrected chi connectivity index (χ4v) is 12.4. The second-order valence-corrected chi connectivity index (χ2v) is 17.5. The lowest BCUT2D eigenvalue weighted by Gasteiger charge is -2.62. The Labute approximate surface area is 378 Å². The molecule has 1 N–H and O–H groups in total. The van der Waals surface area contributed by atoms with Gasteiger partial charge in [-0.2, -0.15) is 5.26 Å². The second kappa shape index (κ2) is 16.8. The predicted octanol–water partition coefficient (Wildman–Crippen LogP) is 5.89. The second-order valence-electron chi connectivity index (χ2n) is 16.3. The Kier molecular flexibility index (Phi) is 11.3. The third-order valence-electron chi connectivity index (χ3n) is 13.1. The van der Waals surface area contributed by atoms with E-state index < -0.39 is 65.2 Å². The van der Waals surface area contributed by atoms with E-state index >= 15 is 4.79 Å². The van der Waals surface area contributed by atoms with Crippen LogP contribution < -0.4 is 38.5 Å². The molecule has 0 saturated carbocycles. The number of thioether (sulfide) groups is 1. The van der Waals surface area contributed by atoms with Crippen LogP contribution >= 0.6 is 11.8 Å². The molecule has 2 fully saturated rings. The summed E-state index contributed by atoms with van der Waals surface area (Å²) in [6, 6.07) is 4.54. The third kappa shape index (κ3) is 6.80. The summed E-state index contributed by atoms with van der Waals surface area (Å²) in [4.78, 5) is 58.1. The third-order valence-corrected chi connectivity index (χ3v) is 14.6. The van der Waals surface area contributed by atoms with Crippen molar-refractivity contribution in [3.63, 3.8) is 0 Å². The number of carbonyl (C=O) groups excluding carboxylic acids is 4. The first-order chi connectivity index (χ1) is 31.3.